The zero-order valence-electron chi connectivity index (χ0n) is 45.3. The van der Waals surface area contributed by atoms with E-state index in [2.05, 4.69) is 287 Å². The van der Waals surface area contributed by atoms with Crippen molar-refractivity contribution in [1.82, 2.24) is 9.55 Å². The van der Waals surface area contributed by atoms with Crippen LogP contribution in [0.3, 0.4) is 0 Å². The summed E-state index contributed by atoms with van der Waals surface area (Å²) in [6.07, 6.45) is 4.16. The molecule has 74 heavy (non-hydrogen) atoms. The van der Waals surface area contributed by atoms with E-state index in [-0.39, 0.29) is 48.1 Å². The minimum absolute atomic E-state index is 0. The first-order valence-corrected chi connectivity index (χ1v) is 25.8. The van der Waals surface area contributed by atoms with E-state index >= 15 is 0 Å². The van der Waals surface area contributed by atoms with Crippen LogP contribution in [0.25, 0.3) is 33.3 Å². The minimum atomic E-state index is -0.387. The molecule has 0 aliphatic carbocycles. The Labute approximate surface area is 455 Å². The van der Waals surface area contributed by atoms with E-state index in [1.165, 1.54) is 33.4 Å². The van der Waals surface area contributed by atoms with Crippen molar-refractivity contribution in [2.24, 2.45) is 0 Å². The van der Waals surface area contributed by atoms with Crippen LogP contribution in [0.4, 0.5) is 11.4 Å². The first-order chi connectivity index (χ1) is 34.6. The SMILES string of the molecule is CC(C)(C)c1cc(N2[CH-]N(c3[c-]c(Oc4[c-]c5c(cc4)c4cc(C(C)(C)C)ccc4n5-c4cc(C(C)(C)C)ccn4)cc(C(C)(C)c4ccccc4)c3)C=C2c2ccccc2)cc(C(C)(C)c2ccccc2)c1.[Pt]. The third-order valence-electron chi connectivity index (χ3n) is 15.0. The first-order valence-electron chi connectivity index (χ1n) is 25.8. The third-order valence-corrected chi connectivity index (χ3v) is 15.0. The van der Waals surface area contributed by atoms with Gasteiger partial charge in [0.25, 0.3) is 0 Å². The van der Waals surface area contributed by atoms with Gasteiger partial charge < -0.3 is 19.1 Å². The molecule has 5 nitrogen and oxygen atoms in total. The number of anilines is 2. The van der Waals surface area contributed by atoms with Gasteiger partial charge in [-0.1, -0.05) is 205 Å². The second-order valence-electron chi connectivity index (χ2n) is 24.0. The summed E-state index contributed by atoms with van der Waals surface area (Å²) in [6, 6.07) is 66.7. The largest absolute Gasteiger partial charge is 0.509 e. The van der Waals surface area contributed by atoms with Crippen LogP contribution < -0.4 is 14.5 Å². The Morgan fingerprint density at radius 2 is 1.04 bits per heavy atom. The summed E-state index contributed by atoms with van der Waals surface area (Å²) >= 11 is 0. The van der Waals surface area contributed by atoms with Gasteiger partial charge in [0.15, 0.2) is 0 Å². The summed E-state index contributed by atoms with van der Waals surface area (Å²) in [6.45, 7) is 31.9. The maximum absolute atomic E-state index is 7.05. The Morgan fingerprint density at radius 1 is 0.473 bits per heavy atom. The van der Waals surface area contributed by atoms with Crippen molar-refractivity contribution in [3.8, 4) is 17.3 Å². The second-order valence-corrected chi connectivity index (χ2v) is 24.0. The number of rotatable bonds is 10. The van der Waals surface area contributed by atoms with Gasteiger partial charge in [-0.25, -0.2) is 4.98 Å². The monoisotopic (exact) mass is 1150 g/mol. The van der Waals surface area contributed by atoms with Crippen molar-refractivity contribution in [3.05, 3.63) is 239 Å². The topological polar surface area (TPSA) is 33.5 Å². The van der Waals surface area contributed by atoms with E-state index in [1.807, 2.05) is 12.3 Å². The van der Waals surface area contributed by atoms with Gasteiger partial charge in [-0.15, -0.1) is 53.6 Å². The van der Waals surface area contributed by atoms with Gasteiger partial charge >= 0.3 is 0 Å². The number of ether oxygens (including phenoxy) is 1. The molecule has 0 saturated carbocycles. The van der Waals surface area contributed by atoms with Gasteiger partial charge in [-0.3, -0.25) is 0 Å². The van der Waals surface area contributed by atoms with Crippen LogP contribution in [-0.2, 0) is 48.1 Å². The van der Waals surface area contributed by atoms with Gasteiger partial charge in [0, 0.05) is 61.1 Å². The maximum Gasteiger partial charge on any atom is 0.135 e. The molecule has 2 aromatic heterocycles. The van der Waals surface area contributed by atoms with E-state index in [0.29, 0.717) is 11.5 Å². The first kappa shape index (κ1) is 52.2. The second kappa shape index (κ2) is 19.5. The van der Waals surface area contributed by atoms with Crippen molar-refractivity contribution in [1.29, 1.82) is 0 Å². The van der Waals surface area contributed by atoms with E-state index in [1.54, 1.807) is 0 Å². The molecule has 6 heteroatoms. The number of pyridine rings is 1. The molecule has 0 spiro atoms. The fourth-order valence-electron chi connectivity index (χ4n) is 10.1. The molecule has 9 aromatic rings. The average Bonchev–Trinajstić information content (AvgIpc) is 3.96. The Morgan fingerprint density at radius 3 is 1.65 bits per heavy atom. The smallest absolute Gasteiger partial charge is 0.135 e. The molecule has 10 rings (SSSR count). The normalized spacial score (nSPS) is 13.6. The zero-order valence-corrected chi connectivity index (χ0v) is 47.6. The Bertz CT molecular complexity index is 3510. The average molecular weight is 1150 g/mol. The summed E-state index contributed by atoms with van der Waals surface area (Å²) in [5.41, 5.74) is 13.9. The molecular formula is C68H69N4OPt-3. The molecule has 0 fully saturated rings. The van der Waals surface area contributed by atoms with E-state index < -0.39 is 0 Å². The molecule has 7 aromatic carbocycles. The van der Waals surface area contributed by atoms with Gasteiger partial charge in [-0.05, 0) is 103 Å². The summed E-state index contributed by atoms with van der Waals surface area (Å²) in [4.78, 5) is 9.53. The molecule has 0 saturated heterocycles. The number of hydrogen-bond donors (Lipinski definition) is 0. The molecule has 380 valence electrons. The quantitative estimate of drug-likeness (QED) is 0.128. The van der Waals surface area contributed by atoms with Crippen molar-refractivity contribution in [3.63, 3.8) is 0 Å². The third kappa shape index (κ3) is 10.1. The number of benzene rings is 7. The standard InChI is InChI=1S/C68H69N4O.Pt/c1-64(2,3)49-29-32-60-59(40-49)58-31-30-56(43-61(58)72(60)63-41-50(33-34-69-63)65(4,5)6)73-57-39-53(68(12,13)48-27-21-16-22-28-48)37-54(42-57)70-44-62(46-23-17-14-18-24-46)71(45-70)55-36-51(66(7,8)9)35-52(38-55)67(10,11)47-25-19-15-20-26-47;/h14-41,44-45H,1-13H3;/q-3;. The number of nitrogens with zero attached hydrogens (tertiary/aromatic N) is 4. The molecule has 1 aliphatic heterocycles. The van der Waals surface area contributed by atoms with Crippen LogP contribution in [-0.4, -0.2) is 9.55 Å². The van der Waals surface area contributed by atoms with E-state index in [0.717, 1.165) is 55.8 Å². The van der Waals surface area contributed by atoms with Gasteiger partial charge in [0.2, 0.25) is 0 Å². The molecule has 0 N–H and O–H groups in total. The molecule has 1 aliphatic rings. The number of aromatic nitrogens is 2. The minimum Gasteiger partial charge on any atom is -0.509 e. The molecule has 3 heterocycles. The van der Waals surface area contributed by atoms with Crippen LogP contribution in [0.1, 0.15) is 135 Å². The van der Waals surface area contributed by atoms with Crippen molar-refractivity contribution < 1.29 is 25.8 Å². The molecule has 0 amide bonds. The van der Waals surface area contributed by atoms with Crippen LogP contribution >= 0.6 is 0 Å². The van der Waals surface area contributed by atoms with Crippen molar-refractivity contribution >= 4 is 38.9 Å². The van der Waals surface area contributed by atoms with E-state index in [4.69, 9.17) is 9.72 Å². The van der Waals surface area contributed by atoms with Gasteiger partial charge in [0.05, 0.1) is 0 Å². The van der Waals surface area contributed by atoms with Crippen LogP contribution in [0.2, 0.25) is 0 Å². The molecule has 0 atom stereocenters. The molecule has 0 radical (unpaired) electrons. The predicted molar refractivity (Wildman–Crippen MR) is 306 cm³/mol. The van der Waals surface area contributed by atoms with Crippen molar-refractivity contribution in [2.75, 3.05) is 9.80 Å². The van der Waals surface area contributed by atoms with Crippen LogP contribution in [0.15, 0.2) is 176 Å². The molecule has 0 bridgehead atoms. The fraction of sp³-hybridized carbons (Fsp3) is 0.265. The van der Waals surface area contributed by atoms with Gasteiger partial charge in [-0.2, -0.15) is 6.07 Å². The Balaban J connectivity index is 0.00000672. The number of fused-ring (bicyclic) bond motifs is 3. The molecular weight excluding hydrogens is 1080 g/mol. The van der Waals surface area contributed by atoms with Crippen LogP contribution in [0, 0.1) is 18.8 Å². The fourth-order valence-corrected chi connectivity index (χ4v) is 10.1. The number of hydrogen-bond acceptors (Lipinski definition) is 4. The van der Waals surface area contributed by atoms with Gasteiger partial charge in [0.1, 0.15) is 5.82 Å². The summed E-state index contributed by atoms with van der Waals surface area (Å²) in [7, 11) is 0. The maximum atomic E-state index is 7.05. The molecule has 0 unspecified atom stereocenters. The summed E-state index contributed by atoms with van der Waals surface area (Å²) in [5, 5.41) is 2.25. The summed E-state index contributed by atoms with van der Waals surface area (Å²) in [5.74, 6) is 2.04. The van der Waals surface area contributed by atoms with Crippen LogP contribution in [0.5, 0.6) is 11.5 Å². The zero-order chi connectivity index (χ0) is 51.7. The Kier molecular flexibility index (Phi) is 13.8. The Hall–Kier alpha value is -6.68. The summed E-state index contributed by atoms with van der Waals surface area (Å²) < 4.78 is 9.30. The predicted octanol–water partition coefficient (Wildman–Crippen LogP) is 17.6. The van der Waals surface area contributed by atoms with E-state index in [9.17, 15) is 0 Å². The van der Waals surface area contributed by atoms with Crippen molar-refractivity contribution in [2.45, 2.75) is 117 Å².